The second-order valence-electron chi connectivity index (χ2n) is 4.42. The highest BCUT2D eigenvalue weighted by Crippen LogP contribution is 2.24. The summed E-state index contributed by atoms with van der Waals surface area (Å²) in [6, 6.07) is 2.53. The largest absolute Gasteiger partial charge is 0.477 e. The lowest BCUT2D eigenvalue weighted by atomic mass is 9.97. The van der Waals surface area contributed by atoms with Crippen LogP contribution in [0.4, 0.5) is 0 Å². The molecule has 1 rings (SSSR count). The predicted molar refractivity (Wildman–Crippen MR) is 72.0 cm³/mol. The van der Waals surface area contributed by atoms with Crippen molar-refractivity contribution in [3.05, 3.63) is 17.0 Å². The molecule has 0 radical (unpaired) electrons. The fraction of sp³-hybridized carbons (Fsp3) is 0.545. The van der Waals surface area contributed by atoms with Gasteiger partial charge in [0.25, 0.3) is 10.0 Å². The minimum Gasteiger partial charge on any atom is -0.477 e. The summed E-state index contributed by atoms with van der Waals surface area (Å²) in [6.07, 6.45) is 0.809. The predicted octanol–water partition coefficient (Wildman–Crippen LogP) is 1.28. The fourth-order valence-corrected chi connectivity index (χ4v) is 4.15. The third kappa shape index (κ3) is 4.00. The third-order valence-electron chi connectivity index (χ3n) is 2.88. The van der Waals surface area contributed by atoms with Crippen LogP contribution in [0.5, 0.6) is 0 Å². The van der Waals surface area contributed by atoms with Gasteiger partial charge < -0.3 is 10.2 Å². The highest BCUT2D eigenvalue weighted by atomic mass is 32.2. The number of aliphatic hydroxyl groups is 1. The molecule has 1 unspecified atom stereocenters. The molecule has 0 bridgehead atoms. The van der Waals surface area contributed by atoms with E-state index >= 15 is 0 Å². The van der Waals surface area contributed by atoms with E-state index in [-0.39, 0.29) is 15.7 Å². The number of nitrogens with one attached hydrogen (secondary N) is 1. The molecule has 6 nitrogen and oxygen atoms in total. The first-order valence-electron chi connectivity index (χ1n) is 5.72. The maximum atomic E-state index is 12.1. The van der Waals surface area contributed by atoms with Gasteiger partial charge in [-0.2, -0.15) is 0 Å². The Labute approximate surface area is 116 Å². The van der Waals surface area contributed by atoms with Crippen LogP contribution in [0.2, 0.25) is 0 Å². The average molecular weight is 307 g/mol. The Balaban J connectivity index is 3.00. The zero-order chi connectivity index (χ0) is 14.7. The minimum atomic E-state index is -3.77. The van der Waals surface area contributed by atoms with Crippen molar-refractivity contribution in [3.63, 3.8) is 0 Å². The van der Waals surface area contributed by atoms with Gasteiger partial charge >= 0.3 is 5.97 Å². The number of rotatable bonds is 7. The molecular weight excluding hydrogens is 290 g/mol. The molecule has 0 aromatic carbocycles. The van der Waals surface area contributed by atoms with Gasteiger partial charge in [0.15, 0.2) is 0 Å². The monoisotopic (exact) mass is 307 g/mol. The van der Waals surface area contributed by atoms with Crippen LogP contribution < -0.4 is 4.72 Å². The van der Waals surface area contributed by atoms with Gasteiger partial charge in [0, 0.05) is 12.1 Å². The van der Waals surface area contributed by atoms with Crippen molar-refractivity contribution >= 4 is 27.3 Å². The molecule has 0 aliphatic rings. The molecule has 1 atom stereocenters. The SMILES string of the molecule is CCC(C)(CCO)NS(=O)(=O)c1ccc(C(=O)O)s1. The van der Waals surface area contributed by atoms with Crippen molar-refractivity contribution < 1.29 is 23.4 Å². The second kappa shape index (κ2) is 6.00. The van der Waals surface area contributed by atoms with Crippen molar-refractivity contribution in [1.29, 1.82) is 0 Å². The molecule has 0 fully saturated rings. The number of carboxylic acids is 1. The molecule has 19 heavy (non-hydrogen) atoms. The Morgan fingerprint density at radius 3 is 2.53 bits per heavy atom. The van der Waals surface area contributed by atoms with Crippen molar-refractivity contribution in [2.75, 3.05) is 6.61 Å². The molecule has 0 saturated heterocycles. The number of carbonyl (C=O) groups is 1. The Bertz CT molecular complexity index is 551. The van der Waals surface area contributed by atoms with Gasteiger partial charge in [0.1, 0.15) is 9.09 Å². The highest BCUT2D eigenvalue weighted by Gasteiger charge is 2.29. The molecule has 1 heterocycles. The molecule has 3 N–H and O–H groups in total. The quantitative estimate of drug-likeness (QED) is 0.704. The van der Waals surface area contributed by atoms with E-state index in [0.717, 1.165) is 0 Å². The van der Waals surface area contributed by atoms with E-state index in [9.17, 15) is 13.2 Å². The first-order chi connectivity index (χ1) is 8.74. The minimum absolute atomic E-state index is 0.0271. The van der Waals surface area contributed by atoms with E-state index in [1.165, 1.54) is 12.1 Å². The number of thiophene rings is 1. The summed E-state index contributed by atoms with van der Waals surface area (Å²) in [7, 11) is -3.77. The van der Waals surface area contributed by atoms with Crippen molar-refractivity contribution in [1.82, 2.24) is 4.72 Å². The molecule has 0 saturated carbocycles. The van der Waals surface area contributed by atoms with Crippen LogP contribution in [0.15, 0.2) is 16.3 Å². The van der Waals surface area contributed by atoms with E-state index in [2.05, 4.69) is 4.72 Å². The van der Waals surface area contributed by atoms with Crippen molar-refractivity contribution in [2.45, 2.75) is 36.4 Å². The molecule has 0 aliphatic heterocycles. The first kappa shape index (κ1) is 16.1. The number of hydrogen-bond acceptors (Lipinski definition) is 5. The first-order valence-corrected chi connectivity index (χ1v) is 8.02. The molecule has 0 amide bonds. The normalized spacial score (nSPS) is 15.1. The summed E-state index contributed by atoms with van der Waals surface area (Å²) in [5, 5.41) is 17.8. The summed E-state index contributed by atoms with van der Waals surface area (Å²) in [5.41, 5.74) is -0.749. The number of sulfonamides is 1. The molecule has 0 aliphatic carbocycles. The topological polar surface area (TPSA) is 104 Å². The van der Waals surface area contributed by atoms with Gasteiger partial charge in [-0.1, -0.05) is 6.92 Å². The van der Waals surface area contributed by atoms with Gasteiger partial charge in [-0.3, -0.25) is 0 Å². The van der Waals surface area contributed by atoms with Gasteiger partial charge in [-0.15, -0.1) is 11.3 Å². The number of hydrogen-bond donors (Lipinski definition) is 3. The number of aliphatic hydroxyl groups excluding tert-OH is 1. The van der Waals surface area contributed by atoms with Crippen LogP contribution in [0.25, 0.3) is 0 Å². The molecule has 108 valence electrons. The third-order valence-corrected chi connectivity index (χ3v) is 6.09. The van der Waals surface area contributed by atoms with Crippen molar-refractivity contribution in [3.8, 4) is 0 Å². The van der Waals surface area contributed by atoms with Crippen LogP contribution in [0.3, 0.4) is 0 Å². The maximum absolute atomic E-state index is 12.1. The van der Waals surface area contributed by atoms with Gasteiger partial charge in [0.05, 0.1) is 0 Å². The fourth-order valence-electron chi connectivity index (χ4n) is 1.50. The number of aromatic carboxylic acids is 1. The Morgan fingerprint density at radius 2 is 2.11 bits per heavy atom. The van der Waals surface area contributed by atoms with Gasteiger partial charge in [-0.25, -0.2) is 17.9 Å². The highest BCUT2D eigenvalue weighted by molar-refractivity contribution is 7.91. The molecule has 0 spiro atoms. The van der Waals surface area contributed by atoms with Gasteiger partial charge in [-0.05, 0) is 31.9 Å². The average Bonchev–Trinajstić information content (AvgIpc) is 2.78. The van der Waals surface area contributed by atoms with E-state index < -0.39 is 21.5 Å². The van der Waals surface area contributed by atoms with Crippen LogP contribution in [-0.4, -0.2) is 36.7 Å². The lowest BCUT2D eigenvalue weighted by molar-refractivity contribution is 0.0702. The van der Waals surface area contributed by atoms with Crippen LogP contribution in [0.1, 0.15) is 36.4 Å². The zero-order valence-corrected chi connectivity index (χ0v) is 12.3. The summed E-state index contributed by atoms with van der Waals surface area (Å²) in [5.74, 6) is -1.15. The van der Waals surface area contributed by atoms with Crippen LogP contribution in [-0.2, 0) is 10.0 Å². The second-order valence-corrected chi connectivity index (χ2v) is 7.41. The van der Waals surface area contributed by atoms with Gasteiger partial charge in [0.2, 0.25) is 0 Å². The summed E-state index contributed by atoms with van der Waals surface area (Å²) in [6.45, 7) is 3.39. The Kier molecular flexibility index (Phi) is 5.08. The standard InChI is InChI=1S/C11H17NO5S2/c1-3-11(2,6-7-13)12-19(16,17)9-5-4-8(18-9)10(14)15/h4-5,12-13H,3,6-7H2,1-2H3,(H,14,15). The van der Waals surface area contributed by atoms with E-state index in [4.69, 9.17) is 10.2 Å². The smallest absolute Gasteiger partial charge is 0.345 e. The van der Waals surface area contributed by atoms with E-state index in [1.807, 2.05) is 6.92 Å². The zero-order valence-electron chi connectivity index (χ0n) is 10.7. The molecule has 1 aromatic heterocycles. The van der Waals surface area contributed by atoms with E-state index in [1.54, 1.807) is 6.92 Å². The Morgan fingerprint density at radius 1 is 1.47 bits per heavy atom. The van der Waals surface area contributed by atoms with Crippen LogP contribution in [0, 0.1) is 0 Å². The molecule has 8 heteroatoms. The Hall–Kier alpha value is -0.960. The maximum Gasteiger partial charge on any atom is 0.345 e. The number of carboxylic acid groups (broad SMARTS) is 1. The molecule has 1 aromatic rings. The summed E-state index contributed by atoms with van der Waals surface area (Å²) < 4.78 is 26.8. The summed E-state index contributed by atoms with van der Waals surface area (Å²) in [4.78, 5) is 10.7. The van der Waals surface area contributed by atoms with E-state index in [0.29, 0.717) is 24.2 Å². The molecular formula is C11H17NO5S2. The lowest BCUT2D eigenvalue weighted by Crippen LogP contribution is -2.45. The lowest BCUT2D eigenvalue weighted by Gasteiger charge is -2.28. The summed E-state index contributed by atoms with van der Waals surface area (Å²) >= 11 is 0.705. The van der Waals surface area contributed by atoms with Crippen molar-refractivity contribution in [2.24, 2.45) is 0 Å². The van der Waals surface area contributed by atoms with Crippen LogP contribution >= 0.6 is 11.3 Å².